The van der Waals surface area contributed by atoms with E-state index in [1.807, 2.05) is 0 Å². The quantitative estimate of drug-likeness (QED) is 0.456. The molecule has 3 N–H and O–H groups in total. The van der Waals surface area contributed by atoms with Gasteiger partial charge < -0.3 is 20.2 Å². The molecule has 6 nitrogen and oxygen atoms in total. The van der Waals surface area contributed by atoms with Gasteiger partial charge in [-0.1, -0.05) is 17.3 Å². The number of benzene rings is 2. The van der Waals surface area contributed by atoms with Crippen molar-refractivity contribution in [2.45, 2.75) is 19.4 Å². The Bertz CT molecular complexity index is 862. The molecule has 0 bridgehead atoms. The fourth-order valence-corrected chi connectivity index (χ4v) is 2.78. The van der Waals surface area contributed by atoms with Crippen LogP contribution in [0.15, 0.2) is 35.5 Å². The largest absolute Gasteiger partial charge is 0.507 e. The molecule has 0 saturated heterocycles. The predicted octanol–water partition coefficient (Wildman–Crippen LogP) is 2.45. The molecule has 124 valence electrons. The summed E-state index contributed by atoms with van der Waals surface area (Å²) in [6.07, 6.45) is -0.939. The van der Waals surface area contributed by atoms with E-state index in [1.54, 1.807) is 13.0 Å². The number of oxime groups is 1. The zero-order valence-corrected chi connectivity index (χ0v) is 12.7. The third-order valence-electron chi connectivity index (χ3n) is 3.99. The van der Waals surface area contributed by atoms with Gasteiger partial charge in [-0.05, 0) is 30.7 Å². The number of aliphatic carboxylic acids is 1. The molecular formula is C17H14FNO5. The average molecular weight is 331 g/mol. The van der Waals surface area contributed by atoms with Crippen LogP contribution < -0.4 is 4.74 Å². The van der Waals surface area contributed by atoms with Crippen LogP contribution in [0.2, 0.25) is 0 Å². The van der Waals surface area contributed by atoms with Gasteiger partial charge in [-0.25, -0.2) is 9.18 Å². The molecule has 0 saturated carbocycles. The zero-order valence-electron chi connectivity index (χ0n) is 12.7. The van der Waals surface area contributed by atoms with Gasteiger partial charge in [0.05, 0.1) is 0 Å². The lowest BCUT2D eigenvalue weighted by atomic mass is 9.95. The van der Waals surface area contributed by atoms with Gasteiger partial charge in [0.1, 0.15) is 23.0 Å². The molecule has 2 aromatic carbocycles. The second-order valence-electron chi connectivity index (χ2n) is 5.46. The van der Waals surface area contributed by atoms with E-state index < -0.39 is 17.9 Å². The van der Waals surface area contributed by atoms with Crippen LogP contribution in [0.25, 0.3) is 0 Å². The van der Waals surface area contributed by atoms with Crippen molar-refractivity contribution in [3.63, 3.8) is 0 Å². The topological polar surface area (TPSA) is 99.4 Å². The maximum atomic E-state index is 14.0. The number of rotatable bonds is 3. The monoisotopic (exact) mass is 331 g/mol. The summed E-state index contributed by atoms with van der Waals surface area (Å²) in [6, 6.07) is 7.16. The summed E-state index contributed by atoms with van der Waals surface area (Å²) in [5.41, 5.74) is 0.834. The maximum Gasteiger partial charge on any atom is 0.345 e. The Hall–Kier alpha value is -3.09. The van der Waals surface area contributed by atoms with Gasteiger partial charge in [-0.3, -0.25) is 0 Å². The van der Waals surface area contributed by atoms with Crippen molar-refractivity contribution in [3.05, 3.63) is 58.4 Å². The fraction of sp³-hybridized carbons (Fsp3) is 0.176. The molecule has 7 heteroatoms. The number of carbonyl (C=O) groups is 1. The molecule has 0 spiro atoms. The standard InChI is InChI=1S/C17H14FNO5/c1-8-15(20)11(6-9-7-13(17(21)22)24-16(8)9)14(19-23)10-4-2-3-5-12(10)18/h2-6,13,20,23H,7H2,1H3,(H,21,22)/b19-14-. The molecule has 0 aromatic heterocycles. The number of carboxylic acid groups (broad SMARTS) is 1. The van der Waals surface area contributed by atoms with Gasteiger partial charge in [0, 0.05) is 23.1 Å². The summed E-state index contributed by atoms with van der Waals surface area (Å²) in [5.74, 6) is -1.69. The number of nitrogens with zero attached hydrogens (tertiary/aromatic N) is 1. The molecule has 0 amide bonds. The molecule has 1 aliphatic rings. The van der Waals surface area contributed by atoms with E-state index in [0.29, 0.717) is 11.1 Å². The van der Waals surface area contributed by atoms with Crippen LogP contribution in [0.4, 0.5) is 4.39 Å². The van der Waals surface area contributed by atoms with Crippen molar-refractivity contribution in [2.24, 2.45) is 5.16 Å². The third-order valence-corrected chi connectivity index (χ3v) is 3.99. The Kier molecular flexibility index (Phi) is 3.84. The lowest BCUT2D eigenvalue weighted by molar-refractivity contribution is -0.144. The highest BCUT2D eigenvalue weighted by Crippen LogP contribution is 2.40. The van der Waals surface area contributed by atoms with Gasteiger partial charge in [-0.15, -0.1) is 0 Å². The number of halogens is 1. The molecule has 1 aliphatic heterocycles. The molecule has 24 heavy (non-hydrogen) atoms. The Morgan fingerprint density at radius 2 is 2.04 bits per heavy atom. The van der Waals surface area contributed by atoms with Crippen LogP contribution in [0.1, 0.15) is 22.3 Å². The minimum atomic E-state index is -1.11. The Morgan fingerprint density at radius 1 is 1.33 bits per heavy atom. The Morgan fingerprint density at radius 3 is 2.67 bits per heavy atom. The smallest absolute Gasteiger partial charge is 0.345 e. The summed E-state index contributed by atoms with van der Waals surface area (Å²) < 4.78 is 19.4. The second-order valence-corrected chi connectivity index (χ2v) is 5.46. The highest BCUT2D eigenvalue weighted by atomic mass is 19.1. The molecule has 0 fully saturated rings. The van der Waals surface area contributed by atoms with Crippen LogP contribution in [-0.4, -0.2) is 33.2 Å². The molecule has 1 unspecified atom stereocenters. The molecular weight excluding hydrogens is 317 g/mol. The van der Waals surface area contributed by atoms with Crippen LogP contribution in [-0.2, 0) is 11.2 Å². The number of phenolic OH excluding ortho intramolecular Hbond substituents is 1. The lowest BCUT2D eigenvalue weighted by Crippen LogP contribution is -2.24. The highest BCUT2D eigenvalue weighted by molar-refractivity contribution is 6.14. The first-order valence-electron chi connectivity index (χ1n) is 7.16. The van der Waals surface area contributed by atoms with Crippen LogP contribution in [0.3, 0.4) is 0 Å². The summed E-state index contributed by atoms with van der Waals surface area (Å²) in [5, 5.41) is 32.0. The fourth-order valence-electron chi connectivity index (χ4n) is 2.78. The highest BCUT2D eigenvalue weighted by Gasteiger charge is 2.33. The lowest BCUT2D eigenvalue weighted by Gasteiger charge is -2.13. The van der Waals surface area contributed by atoms with Crippen molar-refractivity contribution in [1.82, 2.24) is 0 Å². The number of fused-ring (bicyclic) bond motifs is 1. The number of ether oxygens (including phenoxy) is 1. The predicted molar refractivity (Wildman–Crippen MR) is 82.4 cm³/mol. The van der Waals surface area contributed by atoms with Gasteiger partial charge in [0.25, 0.3) is 0 Å². The number of aromatic hydroxyl groups is 1. The number of hydrogen-bond acceptors (Lipinski definition) is 5. The summed E-state index contributed by atoms with van der Waals surface area (Å²) >= 11 is 0. The van der Waals surface area contributed by atoms with Crippen molar-refractivity contribution >= 4 is 11.7 Å². The number of hydrogen-bond donors (Lipinski definition) is 3. The molecule has 0 aliphatic carbocycles. The zero-order chi connectivity index (χ0) is 17.4. The average Bonchev–Trinajstić information content (AvgIpc) is 2.99. The number of carboxylic acids is 1. The van der Waals surface area contributed by atoms with Crippen molar-refractivity contribution < 1.29 is 29.3 Å². The van der Waals surface area contributed by atoms with Crippen molar-refractivity contribution in [1.29, 1.82) is 0 Å². The van der Waals surface area contributed by atoms with E-state index in [2.05, 4.69) is 5.16 Å². The van der Waals surface area contributed by atoms with Crippen LogP contribution in [0.5, 0.6) is 11.5 Å². The minimum Gasteiger partial charge on any atom is -0.507 e. The molecule has 2 aromatic rings. The normalized spacial score (nSPS) is 16.6. The number of phenols is 1. The van der Waals surface area contributed by atoms with E-state index in [0.717, 1.165) is 0 Å². The van der Waals surface area contributed by atoms with Gasteiger partial charge in [0.2, 0.25) is 0 Å². The van der Waals surface area contributed by atoms with Crippen molar-refractivity contribution in [3.8, 4) is 11.5 Å². The molecule has 1 atom stereocenters. The summed E-state index contributed by atoms with van der Waals surface area (Å²) in [7, 11) is 0. The first kappa shape index (κ1) is 15.8. The second kappa shape index (κ2) is 5.84. The van der Waals surface area contributed by atoms with Gasteiger partial charge in [0.15, 0.2) is 6.10 Å². The third kappa shape index (κ3) is 2.44. The molecule has 1 heterocycles. The maximum absolute atomic E-state index is 14.0. The van der Waals surface area contributed by atoms with Gasteiger partial charge in [-0.2, -0.15) is 0 Å². The summed E-state index contributed by atoms with van der Waals surface area (Å²) in [4.78, 5) is 11.1. The minimum absolute atomic E-state index is 0.0170. The first-order valence-corrected chi connectivity index (χ1v) is 7.16. The molecule has 3 rings (SSSR count). The van der Waals surface area contributed by atoms with E-state index in [-0.39, 0.29) is 34.8 Å². The van der Waals surface area contributed by atoms with E-state index in [9.17, 15) is 19.5 Å². The molecule has 0 radical (unpaired) electrons. The Labute approximate surface area is 136 Å². The van der Waals surface area contributed by atoms with Crippen LogP contribution >= 0.6 is 0 Å². The van der Waals surface area contributed by atoms with E-state index in [1.165, 1.54) is 24.3 Å². The van der Waals surface area contributed by atoms with Crippen LogP contribution in [0, 0.1) is 12.7 Å². The summed E-state index contributed by atoms with van der Waals surface area (Å²) in [6.45, 7) is 1.55. The van der Waals surface area contributed by atoms with E-state index >= 15 is 0 Å². The van der Waals surface area contributed by atoms with Crippen molar-refractivity contribution in [2.75, 3.05) is 0 Å². The van der Waals surface area contributed by atoms with E-state index in [4.69, 9.17) is 9.84 Å². The van der Waals surface area contributed by atoms with Gasteiger partial charge >= 0.3 is 5.97 Å². The Balaban J connectivity index is 2.14. The first-order chi connectivity index (χ1) is 11.4. The SMILES string of the molecule is Cc1c(O)c(/C(=N\O)c2ccccc2F)cc2c1OC(C(=O)O)C2.